The molecule has 0 fully saturated rings. The molecule has 0 aliphatic heterocycles. The van der Waals surface area contributed by atoms with Gasteiger partial charge in [0.05, 0.1) is 17.9 Å². The number of nitrogens with one attached hydrogen (secondary N) is 1. The average molecular weight is 185 g/mol. The maximum Gasteiger partial charge on any atom is 0.256 e. The Labute approximate surface area is 73.7 Å². The summed E-state index contributed by atoms with van der Waals surface area (Å²) < 4.78 is 4.69. The van der Waals surface area contributed by atoms with Crippen LogP contribution in [0.1, 0.15) is 10.4 Å². The number of hydrogen-bond acceptors (Lipinski definition) is 3. The monoisotopic (exact) mass is 184 g/mol. The van der Waals surface area contributed by atoms with E-state index >= 15 is 0 Å². The molecule has 1 heterocycles. The number of carbonyl (C=O) groups excluding carboxylic acids is 1. The van der Waals surface area contributed by atoms with Crippen molar-refractivity contribution in [1.82, 2.24) is 5.32 Å². The normalized spacial score (nSPS) is 9.00. The number of rotatable bonds is 2. The molecule has 62 valence electrons. The molecule has 0 saturated carbocycles. The predicted molar refractivity (Wildman–Crippen MR) is 41.7 cm³/mol. The molecular formula is C7H5ClN2O2. The molecule has 0 saturated heterocycles. The van der Waals surface area contributed by atoms with Crippen LogP contribution in [0.25, 0.3) is 0 Å². The molecule has 0 aromatic carbocycles. The van der Waals surface area contributed by atoms with E-state index in [9.17, 15) is 4.79 Å². The fraction of sp³-hybridized carbons (Fsp3) is 0.143. The number of nitrogens with zero attached hydrogens (tertiary/aromatic N) is 1. The Kier molecular flexibility index (Phi) is 2.72. The molecule has 1 aromatic heterocycles. The topological polar surface area (TPSA) is 66.0 Å². The van der Waals surface area contributed by atoms with Gasteiger partial charge in [0.1, 0.15) is 6.54 Å². The maximum absolute atomic E-state index is 11.1. The second kappa shape index (κ2) is 3.79. The zero-order valence-electron chi connectivity index (χ0n) is 6.00. The van der Waals surface area contributed by atoms with Crippen LogP contribution >= 0.6 is 11.6 Å². The zero-order valence-corrected chi connectivity index (χ0v) is 6.76. The molecular weight excluding hydrogens is 180 g/mol. The van der Waals surface area contributed by atoms with Gasteiger partial charge in [-0.25, -0.2) is 0 Å². The van der Waals surface area contributed by atoms with Crippen LogP contribution in [0.15, 0.2) is 16.7 Å². The Morgan fingerprint density at radius 3 is 3.08 bits per heavy atom. The third kappa shape index (κ3) is 1.77. The van der Waals surface area contributed by atoms with E-state index < -0.39 is 5.91 Å². The third-order valence-electron chi connectivity index (χ3n) is 1.19. The minimum absolute atomic E-state index is 0.0328. The van der Waals surface area contributed by atoms with Crippen molar-refractivity contribution in [3.05, 3.63) is 23.1 Å². The Balaban J connectivity index is 2.67. The van der Waals surface area contributed by atoms with E-state index in [-0.39, 0.29) is 17.3 Å². The first kappa shape index (κ1) is 8.62. The van der Waals surface area contributed by atoms with Crippen LogP contribution in [-0.4, -0.2) is 12.5 Å². The highest BCUT2D eigenvalue weighted by Crippen LogP contribution is 2.15. The average Bonchev–Trinajstić information content (AvgIpc) is 2.47. The molecule has 0 bridgehead atoms. The Morgan fingerprint density at radius 1 is 1.83 bits per heavy atom. The molecule has 0 aliphatic carbocycles. The highest BCUT2D eigenvalue weighted by molar-refractivity contribution is 6.32. The molecule has 4 nitrogen and oxygen atoms in total. The van der Waals surface area contributed by atoms with Gasteiger partial charge in [0, 0.05) is 0 Å². The highest BCUT2D eigenvalue weighted by Gasteiger charge is 2.11. The SMILES string of the molecule is N#CCNC(=O)c1ccoc1Cl. The summed E-state index contributed by atoms with van der Waals surface area (Å²) in [7, 11) is 0. The lowest BCUT2D eigenvalue weighted by Crippen LogP contribution is -2.23. The van der Waals surface area contributed by atoms with Crippen LogP contribution < -0.4 is 5.32 Å². The molecule has 0 spiro atoms. The molecule has 0 radical (unpaired) electrons. The molecule has 0 aliphatic rings. The largest absolute Gasteiger partial charge is 0.452 e. The Hall–Kier alpha value is -1.47. The summed E-state index contributed by atoms with van der Waals surface area (Å²) in [6.07, 6.45) is 1.31. The zero-order chi connectivity index (χ0) is 8.97. The molecule has 1 N–H and O–H groups in total. The van der Waals surface area contributed by atoms with E-state index in [1.807, 2.05) is 0 Å². The molecule has 1 aromatic rings. The number of carbonyl (C=O) groups is 1. The van der Waals surface area contributed by atoms with Gasteiger partial charge in [-0.05, 0) is 17.7 Å². The van der Waals surface area contributed by atoms with Crippen molar-refractivity contribution in [2.75, 3.05) is 6.54 Å². The van der Waals surface area contributed by atoms with Gasteiger partial charge in [0.2, 0.25) is 5.22 Å². The summed E-state index contributed by atoms with van der Waals surface area (Å²) >= 11 is 5.50. The third-order valence-corrected chi connectivity index (χ3v) is 1.48. The standard InChI is InChI=1S/C7H5ClN2O2/c8-6-5(1-4-12-6)7(11)10-3-2-9/h1,4H,3H2,(H,10,11). The minimum Gasteiger partial charge on any atom is -0.452 e. The first-order valence-electron chi connectivity index (χ1n) is 3.14. The molecule has 12 heavy (non-hydrogen) atoms. The Bertz CT molecular complexity index is 326. The number of hydrogen-bond donors (Lipinski definition) is 1. The minimum atomic E-state index is -0.407. The van der Waals surface area contributed by atoms with Gasteiger partial charge in [-0.1, -0.05) is 0 Å². The van der Waals surface area contributed by atoms with Crippen LogP contribution in [-0.2, 0) is 0 Å². The van der Waals surface area contributed by atoms with Crippen molar-refractivity contribution in [2.45, 2.75) is 0 Å². The predicted octanol–water partition coefficient (Wildman–Crippen LogP) is 1.19. The van der Waals surface area contributed by atoms with Crippen LogP contribution in [0.5, 0.6) is 0 Å². The fourth-order valence-corrected chi connectivity index (χ4v) is 0.871. The second-order valence-corrected chi connectivity index (χ2v) is 2.29. The van der Waals surface area contributed by atoms with Gasteiger partial charge >= 0.3 is 0 Å². The van der Waals surface area contributed by atoms with Crippen molar-refractivity contribution < 1.29 is 9.21 Å². The number of amides is 1. The first-order chi connectivity index (χ1) is 5.75. The smallest absolute Gasteiger partial charge is 0.256 e. The van der Waals surface area contributed by atoms with Crippen molar-refractivity contribution >= 4 is 17.5 Å². The van der Waals surface area contributed by atoms with E-state index in [1.165, 1.54) is 12.3 Å². The van der Waals surface area contributed by atoms with Crippen molar-refractivity contribution in [2.24, 2.45) is 0 Å². The second-order valence-electron chi connectivity index (χ2n) is 1.95. The van der Waals surface area contributed by atoms with Crippen molar-refractivity contribution in [1.29, 1.82) is 5.26 Å². The molecule has 5 heteroatoms. The number of halogens is 1. The number of nitriles is 1. The maximum atomic E-state index is 11.1. The van der Waals surface area contributed by atoms with Gasteiger partial charge in [-0.15, -0.1) is 0 Å². The van der Waals surface area contributed by atoms with E-state index in [0.717, 1.165) is 0 Å². The van der Waals surface area contributed by atoms with Crippen molar-refractivity contribution in [3.8, 4) is 6.07 Å². The summed E-state index contributed by atoms with van der Waals surface area (Å²) in [5.41, 5.74) is 0.243. The van der Waals surface area contributed by atoms with Crippen LogP contribution in [0.3, 0.4) is 0 Å². The molecule has 1 amide bonds. The summed E-state index contributed by atoms with van der Waals surface area (Å²) in [4.78, 5) is 11.1. The van der Waals surface area contributed by atoms with E-state index in [0.29, 0.717) is 0 Å². The lowest BCUT2D eigenvalue weighted by Gasteiger charge is -1.95. The summed E-state index contributed by atoms with van der Waals surface area (Å²) in [5, 5.41) is 10.5. The Morgan fingerprint density at radius 2 is 2.58 bits per heavy atom. The summed E-state index contributed by atoms with van der Waals surface area (Å²) in [6, 6.07) is 3.21. The molecule has 0 atom stereocenters. The van der Waals surface area contributed by atoms with Gasteiger partial charge in [-0.2, -0.15) is 5.26 Å². The van der Waals surface area contributed by atoms with Gasteiger partial charge in [0.15, 0.2) is 0 Å². The fourth-order valence-electron chi connectivity index (χ4n) is 0.671. The van der Waals surface area contributed by atoms with E-state index in [1.54, 1.807) is 6.07 Å². The van der Waals surface area contributed by atoms with Gasteiger partial charge in [0.25, 0.3) is 5.91 Å². The number of furan rings is 1. The van der Waals surface area contributed by atoms with E-state index in [4.69, 9.17) is 16.9 Å². The van der Waals surface area contributed by atoms with Gasteiger partial charge in [-0.3, -0.25) is 4.79 Å². The van der Waals surface area contributed by atoms with Gasteiger partial charge < -0.3 is 9.73 Å². The lowest BCUT2D eigenvalue weighted by atomic mass is 10.3. The van der Waals surface area contributed by atoms with Crippen LogP contribution in [0, 0.1) is 11.3 Å². The van der Waals surface area contributed by atoms with Crippen LogP contribution in [0.2, 0.25) is 5.22 Å². The molecule has 1 rings (SSSR count). The summed E-state index contributed by atoms with van der Waals surface area (Å²) in [5.74, 6) is -0.407. The lowest BCUT2D eigenvalue weighted by molar-refractivity contribution is 0.0958. The van der Waals surface area contributed by atoms with E-state index in [2.05, 4.69) is 9.73 Å². The van der Waals surface area contributed by atoms with Crippen molar-refractivity contribution in [3.63, 3.8) is 0 Å². The quantitative estimate of drug-likeness (QED) is 0.702. The highest BCUT2D eigenvalue weighted by atomic mass is 35.5. The van der Waals surface area contributed by atoms with Crippen LogP contribution in [0.4, 0.5) is 0 Å². The molecule has 0 unspecified atom stereocenters. The first-order valence-corrected chi connectivity index (χ1v) is 3.51. The summed E-state index contributed by atoms with van der Waals surface area (Å²) in [6.45, 7) is -0.0413.